The number of fused-ring (bicyclic) bond motifs is 7. The Balaban J connectivity index is 0.000000213. The third-order valence-electron chi connectivity index (χ3n) is 20.9. The van der Waals surface area contributed by atoms with Crippen molar-refractivity contribution in [1.82, 2.24) is 30.6 Å². The molecule has 0 saturated heterocycles. The average molecular weight is 1590 g/mol. The molecule has 16 heteroatoms. The van der Waals surface area contributed by atoms with Crippen molar-refractivity contribution in [1.29, 1.82) is 0 Å². The van der Waals surface area contributed by atoms with E-state index in [-0.39, 0.29) is 48.9 Å². The summed E-state index contributed by atoms with van der Waals surface area (Å²) < 4.78 is 24.4. The number of nitrogens with two attached hydrogens (primary N) is 4. The van der Waals surface area contributed by atoms with Gasteiger partial charge in [-0.2, -0.15) is 0 Å². The number of rotatable bonds is 29. The second-order valence-electron chi connectivity index (χ2n) is 29.2. The van der Waals surface area contributed by atoms with Gasteiger partial charge in [0.1, 0.15) is 49.4 Å². The first-order valence-corrected chi connectivity index (χ1v) is 40.0. The molecule has 0 radical (unpaired) electrons. The maximum absolute atomic E-state index is 11.1. The van der Waals surface area contributed by atoms with E-state index in [0.717, 1.165) is 132 Å². The molecule has 4 aromatic heterocycles. The molecule has 3 aliphatic carbocycles. The Labute approximate surface area is 701 Å². The predicted molar refractivity (Wildman–Crippen MR) is 498 cm³/mol. The number of benzene rings is 9. The number of allylic oxidation sites excluding steroid dienone is 3. The van der Waals surface area contributed by atoms with E-state index in [1.807, 2.05) is 37.5 Å². The molecule has 3 aliphatic rings. The number of hydrogen-bond donors (Lipinski definition) is 10. The summed E-state index contributed by atoms with van der Waals surface area (Å²) in [5.74, 6) is 3.72. The molecule has 4 heterocycles. The fourth-order valence-electron chi connectivity index (χ4n) is 14.8. The van der Waals surface area contributed by atoms with Gasteiger partial charge in [-0.1, -0.05) is 178 Å². The van der Waals surface area contributed by atoms with Crippen LogP contribution in [0, 0.1) is 13.8 Å². The number of carbonyl (C=O) groups excluding carboxylic acids is 2. The van der Waals surface area contributed by atoms with Crippen molar-refractivity contribution in [2.45, 2.75) is 175 Å². The molecule has 0 bridgehead atoms. The standard InChI is InChI=1S/2C30H32N2O2.2C13H16N2O.C11H14N2.5CH4/c1-2-3-25-18-32-30-13-12-27(17-29(25)30)34-20-22-6-4-21(5-7-22)19-33-26-11-10-23-8-9-24(14-15-31)28(23)16-26;31-14-12-25-6-4-23-8-10-27(17-29(23)25)33-19-21-2-1-3-22(16-21)20-34-28-11-9-24-5-7-26(13-15-32)30(24)18-28;1-9-3-4-13-12(7-9)11(8-15-13)5-6-14-10(2)16;1-2-13(16)14-8-7-10-9-15-12-6-4-3-5-11(10)12;1-8-2-3-11-10(6-8)9(4-5-12)7-13-11;;;;;/h4-7,9-13,16-18,32H,2-3,8,14-15,19-20,31H2,1H3;1-3,6-11,16-18H,4-5,12-15,19-20,31-32H2;3-4,7-8,15H,5-6H2,1-2H3,(H,14,16);3-6,9,15H,2,7-8H2,1H3,(H,14,16);2-3,6-7,13H,4-5,12H2,1H3;5*1H4. The van der Waals surface area contributed by atoms with Gasteiger partial charge in [-0.05, 0) is 290 Å². The van der Waals surface area contributed by atoms with Gasteiger partial charge in [-0.25, -0.2) is 0 Å². The third-order valence-corrected chi connectivity index (χ3v) is 20.9. The molecular formula is C102H130N10O6. The molecule has 118 heavy (non-hydrogen) atoms. The lowest BCUT2D eigenvalue weighted by Gasteiger charge is -2.12. The first-order valence-electron chi connectivity index (χ1n) is 40.0. The number of aromatic amines is 4. The Morgan fingerprint density at radius 2 is 0.729 bits per heavy atom. The minimum Gasteiger partial charge on any atom is -0.489 e. The van der Waals surface area contributed by atoms with E-state index in [0.29, 0.717) is 72.1 Å². The maximum Gasteiger partial charge on any atom is 0.219 e. The van der Waals surface area contributed by atoms with Crippen molar-refractivity contribution in [3.05, 3.63) is 314 Å². The monoisotopic (exact) mass is 1590 g/mol. The first kappa shape index (κ1) is 93.5. The van der Waals surface area contributed by atoms with Crippen LogP contribution in [-0.4, -0.2) is 71.0 Å². The fourth-order valence-corrected chi connectivity index (χ4v) is 14.8. The predicted octanol–water partition coefficient (Wildman–Crippen LogP) is 21.5. The lowest BCUT2D eigenvalue weighted by Crippen LogP contribution is -2.24. The first-order chi connectivity index (χ1) is 55.2. The highest BCUT2D eigenvalue weighted by Crippen LogP contribution is 2.36. The maximum atomic E-state index is 11.1. The van der Waals surface area contributed by atoms with Crippen molar-refractivity contribution < 1.29 is 28.5 Å². The number of para-hydroxylation sites is 1. The number of carbonyl (C=O) groups is 2. The molecule has 0 unspecified atom stereocenters. The van der Waals surface area contributed by atoms with Gasteiger partial charge < -0.3 is 72.5 Å². The lowest BCUT2D eigenvalue weighted by molar-refractivity contribution is -0.121. The zero-order valence-electron chi connectivity index (χ0n) is 66.2. The number of nitrogens with one attached hydrogen (secondary N) is 6. The van der Waals surface area contributed by atoms with Gasteiger partial charge in [-0.3, -0.25) is 9.59 Å². The molecule has 9 aromatic carbocycles. The Morgan fingerprint density at radius 3 is 1.15 bits per heavy atom. The van der Waals surface area contributed by atoms with Gasteiger partial charge in [0.15, 0.2) is 0 Å². The Bertz CT molecular complexity index is 5350. The van der Waals surface area contributed by atoms with Gasteiger partial charge >= 0.3 is 0 Å². The van der Waals surface area contributed by atoms with Crippen molar-refractivity contribution >= 4 is 72.1 Å². The summed E-state index contributed by atoms with van der Waals surface area (Å²) in [6.45, 7) is 16.0. The Morgan fingerprint density at radius 1 is 0.364 bits per heavy atom. The van der Waals surface area contributed by atoms with Crippen LogP contribution in [0.2, 0.25) is 0 Å². The quantitative estimate of drug-likeness (QED) is 0.0212. The summed E-state index contributed by atoms with van der Waals surface area (Å²) in [6, 6.07) is 63.3. The molecule has 2 amide bonds. The van der Waals surface area contributed by atoms with E-state index in [4.69, 9.17) is 41.9 Å². The largest absolute Gasteiger partial charge is 0.489 e. The number of ether oxygens (including phenoxy) is 4. The summed E-state index contributed by atoms with van der Waals surface area (Å²) in [6.07, 6.45) is 26.2. The van der Waals surface area contributed by atoms with Crippen molar-refractivity contribution in [3.63, 3.8) is 0 Å². The summed E-state index contributed by atoms with van der Waals surface area (Å²) in [7, 11) is 0. The van der Waals surface area contributed by atoms with Crippen LogP contribution >= 0.6 is 0 Å². The number of aromatic nitrogens is 4. The van der Waals surface area contributed by atoms with Crippen LogP contribution in [0.1, 0.15) is 179 Å². The van der Waals surface area contributed by atoms with Gasteiger partial charge in [-0.15, -0.1) is 0 Å². The van der Waals surface area contributed by atoms with Gasteiger partial charge in [0.25, 0.3) is 0 Å². The highest BCUT2D eigenvalue weighted by molar-refractivity contribution is 5.87. The molecule has 16 rings (SSSR count). The van der Waals surface area contributed by atoms with Gasteiger partial charge in [0.05, 0.1) is 0 Å². The SMILES string of the molecule is C.C.C.C.C.CC(=O)NCCc1c[nH]c2ccc(C)cc12.CCC(=O)NCCc1c[nH]c2ccccc12.CCCc1c[nH]c2ccc(OCc3ccc(COc4ccc5c(c4)C(CCN)=CC5)cc3)cc12.Cc1ccc2[nH]cc(CCN)c2c1.NCCC1=CCc2ccc(OCc3cccc(COc4ccc5c(c4)C(CCN)=CC5)c3)cc21. The second-order valence-corrected chi connectivity index (χ2v) is 29.2. The van der Waals surface area contributed by atoms with E-state index >= 15 is 0 Å². The molecule has 0 spiro atoms. The van der Waals surface area contributed by atoms with Crippen molar-refractivity contribution in [2.75, 3.05) is 39.3 Å². The van der Waals surface area contributed by atoms with E-state index in [2.05, 4.69) is 246 Å². The molecule has 14 N–H and O–H groups in total. The van der Waals surface area contributed by atoms with Crippen LogP contribution in [0.4, 0.5) is 0 Å². The highest BCUT2D eigenvalue weighted by atomic mass is 16.5. The van der Waals surface area contributed by atoms with Crippen LogP contribution in [-0.2, 0) is 81.0 Å². The summed E-state index contributed by atoms with van der Waals surface area (Å²) in [5, 5.41) is 10.8. The zero-order chi connectivity index (χ0) is 78.8. The Kier molecular flexibility index (Phi) is 37.2. The van der Waals surface area contributed by atoms with Crippen LogP contribution in [0.3, 0.4) is 0 Å². The van der Waals surface area contributed by atoms with E-state index in [9.17, 15) is 9.59 Å². The van der Waals surface area contributed by atoms with E-state index in [1.165, 1.54) is 111 Å². The molecule has 0 atom stereocenters. The second kappa shape index (κ2) is 46.9. The number of hydrogen-bond acceptors (Lipinski definition) is 10. The van der Waals surface area contributed by atoms with Crippen molar-refractivity contribution in [2.24, 2.45) is 22.9 Å². The van der Waals surface area contributed by atoms with E-state index in [1.54, 1.807) is 6.92 Å². The number of aryl methyl sites for hydroxylation is 3. The smallest absolute Gasteiger partial charge is 0.219 e. The normalized spacial score (nSPS) is 11.7. The van der Waals surface area contributed by atoms with Gasteiger partial charge in [0, 0.05) is 94.8 Å². The fraction of sp³-hybridized carbons (Fsp3) is 0.314. The average Bonchev–Trinajstić information content (AvgIpc) is 1.68. The van der Waals surface area contributed by atoms with Gasteiger partial charge in [0.2, 0.25) is 11.8 Å². The van der Waals surface area contributed by atoms with Crippen LogP contribution in [0.15, 0.2) is 225 Å². The zero-order valence-corrected chi connectivity index (χ0v) is 66.2. The molecule has 0 saturated carbocycles. The van der Waals surface area contributed by atoms with Crippen LogP contribution in [0.5, 0.6) is 23.0 Å². The molecule has 0 fully saturated rings. The molecule has 624 valence electrons. The summed E-state index contributed by atoms with van der Waals surface area (Å²) >= 11 is 0. The van der Waals surface area contributed by atoms with Crippen molar-refractivity contribution in [3.8, 4) is 23.0 Å². The Hall–Kier alpha value is -11.7. The third kappa shape index (κ3) is 25.4. The summed E-state index contributed by atoms with van der Waals surface area (Å²) in [4.78, 5) is 34.9. The molecule has 13 aromatic rings. The molecule has 16 nitrogen and oxygen atoms in total. The topological polar surface area (TPSA) is 262 Å². The highest BCUT2D eigenvalue weighted by Gasteiger charge is 2.19. The minimum atomic E-state index is 0. The van der Waals surface area contributed by atoms with Crippen LogP contribution < -0.4 is 52.5 Å². The minimum absolute atomic E-state index is 0. The number of amides is 2. The number of H-pyrrole nitrogens is 4. The molecule has 0 aliphatic heterocycles. The molecular weight excluding hydrogens is 1460 g/mol. The summed E-state index contributed by atoms with van der Waals surface area (Å²) in [5.41, 5.74) is 51.7. The van der Waals surface area contributed by atoms with E-state index < -0.39 is 0 Å². The lowest BCUT2D eigenvalue weighted by atomic mass is 10.0. The van der Waals surface area contributed by atoms with Crippen LogP contribution in [0.25, 0.3) is 60.3 Å².